The predicted molar refractivity (Wildman–Crippen MR) is 112 cm³/mol. The Balaban J connectivity index is 1.66. The van der Waals surface area contributed by atoms with Crippen molar-refractivity contribution in [1.82, 2.24) is 10.6 Å². The molecule has 0 aliphatic carbocycles. The molecule has 5 nitrogen and oxygen atoms in total. The van der Waals surface area contributed by atoms with E-state index >= 15 is 0 Å². The SMILES string of the molecule is Cc1ccc(NC(=O)C(NC(=O)C2Cc3ccccc3CN2)C(C)C)cc1C. The molecule has 5 heteroatoms. The van der Waals surface area contributed by atoms with E-state index in [-0.39, 0.29) is 23.8 Å². The lowest BCUT2D eigenvalue weighted by Crippen LogP contribution is -2.54. The molecule has 1 heterocycles. The van der Waals surface area contributed by atoms with E-state index in [1.807, 2.05) is 58.0 Å². The molecule has 0 bridgehead atoms. The van der Waals surface area contributed by atoms with Crippen LogP contribution in [0, 0.1) is 19.8 Å². The fourth-order valence-corrected chi connectivity index (χ4v) is 3.47. The summed E-state index contributed by atoms with van der Waals surface area (Å²) in [7, 11) is 0. The summed E-state index contributed by atoms with van der Waals surface area (Å²) < 4.78 is 0. The van der Waals surface area contributed by atoms with Gasteiger partial charge >= 0.3 is 0 Å². The van der Waals surface area contributed by atoms with Crippen LogP contribution in [0.4, 0.5) is 5.69 Å². The molecule has 0 saturated heterocycles. The minimum atomic E-state index is -0.590. The van der Waals surface area contributed by atoms with Crippen LogP contribution in [0.25, 0.3) is 0 Å². The van der Waals surface area contributed by atoms with Gasteiger partial charge in [-0.15, -0.1) is 0 Å². The van der Waals surface area contributed by atoms with E-state index in [0.717, 1.165) is 11.3 Å². The van der Waals surface area contributed by atoms with Crippen LogP contribution < -0.4 is 16.0 Å². The van der Waals surface area contributed by atoms with Crippen LogP contribution in [0.3, 0.4) is 0 Å². The van der Waals surface area contributed by atoms with Crippen molar-refractivity contribution in [2.75, 3.05) is 5.32 Å². The van der Waals surface area contributed by atoms with E-state index in [1.54, 1.807) is 0 Å². The van der Waals surface area contributed by atoms with Gasteiger partial charge in [0.05, 0.1) is 6.04 Å². The van der Waals surface area contributed by atoms with Crippen LogP contribution in [-0.2, 0) is 22.6 Å². The van der Waals surface area contributed by atoms with Gasteiger partial charge in [-0.1, -0.05) is 44.2 Å². The first-order valence-corrected chi connectivity index (χ1v) is 9.84. The number of benzene rings is 2. The van der Waals surface area contributed by atoms with Gasteiger partial charge in [-0.25, -0.2) is 0 Å². The molecule has 0 saturated carbocycles. The zero-order valence-electron chi connectivity index (χ0n) is 17.0. The Bertz CT molecular complexity index is 876. The zero-order valence-corrected chi connectivity index (χ0v) is 17.0. The van der Waals surface area contributed by atoms with Gasteiger partial charge in [0.1, 0.15) is 6.04 Å². The number of nitrogens with one attached hydrogen (secondary N) is 3. The lowest BCUT2D eigenvalue weighted by molar-refractivity contribution is -0.128. The van der Waals surface area contributed by atoms with Crippen LogP contribution in [0.1, 0.15) is 36.1 Å². The Hall–Kier alpha value is -2.66. The summed E-state index contributed by atoms with van der Waals surface area (Å²) in [6.45, 7) is 8.59. The third-order valence-electron chi connectivity index (χ3n) is 5.42. The molecule has 2 aromatic rings. The molecule has 0 fully saturated rings. The Morgan fingerprint density at radius 3 is 2.43 bits per heavy atom. The molecule has 2 aromatic carbocycles. The number of carbonyl (C=O) groups excluding carboxylic acids is 2. The normalized spacial score (nSPS) is 17.0. The fourth-order valence-electron chi connectivity index (χ4n) is 3.47. The van der Waals surface area contributed by atoms with Crippen LogP contribution >= 0.6 is 0 Å². The summed E-state index contributed by atoms with van der Waals surface area (Å²) in [5.41, 5.74) is 5.45. The van der Waals surface area contributed by atoms with Crippen LogP contribution in [0.15, 0.2) is 42.5 Å². The topological polar surface area (TPSA) is 70.2 Å². The molecular weight excluding hydrogens is 350 g/mol. The summed E-state index contributed by atoms with van der Waals surface area (Å²) in [5, 5.41) is 9.17. The summed E-state index contributed by atoms with van der Waals surface area (Å²) in [5.74, 6) is -0.349. The summed E-state index contributed by atoms with van der Waals surface area (Å²) in [6.07, 6.45) is 0.631. The van der Waals surface area contributed by atoms with Gasteiger partial charge in [0.15, 0.2) is 0 Å². The minimum absolute atomic E-state index is 0.0219. The smallest absolute Gasteiger partial charge is 0.247 e. The van der Waals surface area contributed by atoms with Gasteiger partial charge in [-0.05, 0) is 60.6 Å². The third-order valence-corrected chi connectivity index (χ3v) is 5.42. The molecule has 1 aliphatic heterocycles. The molecule has 0 aromatic heterocycles. The molecule has 3 rings (SSSR count). The van der Waals surface area contributed by atoms with Crippen molar-refractivity contribution in [1.29, 1.82) is 0 Å². The molecule has 0 spiro atoms. The van der Waals surface area contributed by atoms with E-state index in [1.165, 1.54) is 16.7 Å². The molecule has 2 unspecified atom stereocenters. The monoisotopic (exact) mass is 379 g/mol. The molecule has 148 valence electrons. The first-order valence-electron chi connectivity index (χ1n) is 9.84. The largest absolute Gasteiger partial charge is 0.343 e. The molecule has 1 aliphatic rings. The number of amides is 2. The van der Waals surface area contributed by atoms with Crippen molar-refractivity contribution in [3.8, 4) is 0 Å². The van der Waals surface area contributed by atoms with Gasteiger partial charge < -0.3 is 16.0 Å². The van der Waals surface area contributed by atoms with E-state index < -0.39 is 6.04 Å². The zero-order chi connectivity index (χ0) is 20.3. The van der Waals surface area contributed by atoms with Crippen molar-refractivity contribution >= 4 is 17.5 Å². The summed E-state index contributed by atoms with van der Waals surface area (Å²) >= 11 is 0. The molecular formula is C23H29N3O2. The lowest BCUT2D eigenvalue weighted by atomic mass is 9.94. The second-order valence-corrected chi connectivity index (χ2v) is 7.92. The van der Waals surface area contributed by atoms with Crippen molar-refractivity contribution in [3.05, 3.63) is 64.7 Å². The van der Waals surface area contributed by atoms with E-state index in [0.29, 0.717) is 13.0 Å². The van der Waals surface area contributed by atoms with Gasteiger partial charge in [0, 0.05) is 12.2 Å². The number of aryl methyl sites for hydroxylation is 2. The first kappa shape index (κ1) is 20.1. The number of carbonyl (C=O) groups is 2. The Morgan fingerprint density at radius 1 is 1.04 bits per heavy atom. The number of hydrogen-bond donors (Lipinski definition) is 3. The number of rotatable bonds is 5. The predicted octanol–water partition coefficient (Wildman–Crippen LogP) is 3.10. The second-order valence-electron chi connectivity index (χ2n) is 7.92. The molecule has 0 radical (unpaired) electrons. The lowest BCUT2D eigenvalue weighted by Gasteiger charge is -2.28. The number of anilines is 1. The van der Waals surface area contributed by atoms with E-state index in [2.05, 4.69) is 28.1 Å². The van der Waals surface area contributed by atoms with E-state index in [9.17, 15) is 9.59 Å². The van der Waals surface area contributed by atoms with Gasteiger partial charge in [-0.2, -0.15) is 0 Å². The average molecular weight is 380 g/mol. The second kappa shape index (κ2) is 8.57. The maximum atomic E-state index is 12.8. The van der Waals surface area contributed by atoms with Crippen molar-refractivity contribution in [2.45, 2.75) is 52.7 Å². The number of fused-ring (bicyclic) bond motifs is 1. The Labute approximate surface area is 166 Å². The Morgan fingerprint density at radius 2 is 1.75 bits per heavy atom. The van der Waals surface area contributed by atoms with Crippen molar-refractivity contribution < 1.29 is 9.59 Å². The minimum Gasteiger partial charge on any atom is -0.343 e. The molecule has 3 N–H and O–H groups in total. The van der Waals surface area contributed by atoms with Gasteiger partial charge in [0.2, 0.25) is 11.8 Å². The first-order chi connectivity index (χ1) is 13.3. The average Bonchev–Trinajstić information content (AvgIpc) is 2.68. The highest BCUT2D eigenvalue weighted by atomic mass is 16.2. The Kier molecular flexibility index (Phi) is 6.15. The van der Waals surface area contributed by atoms with E-state index in [4.69, 9.17) is 0 Å². The number of hydrogen-bond acceptors (Lipinski definition) is 3. The molecule has 2 amide bonds. The maximum Gasteiger partial charge on any atom is 0.247 e. The summed E-state index contributed by atoms with van der Waals surface area (Å²) in [6, 6.07) is 13.0. The van der Waals surface area contributed by atoms with Gasteiger partial charge in [0.25, 0.3) is 0 Å². The highest BCUT2D eigenvalue weighted by molar-refractivity contribution is 5.98. The van der Waals surface area contributed by atoms with Crippen LogP contribution in [0.5, 0.6) is 0 Å². The van der Waals surface area contributed by atoms with Crippen LogP contribution in [0.2, 0.25) is 0 Å². The maximum absolute atomic E-state index is 12.8. The fraction of sp³-hybridized carbons (Fsp3) is 0.391. The molecule has 28 heavy (non-hydrogen) atoms. The molecule has 2 atom stereocenters. The van der Waals surface area contributed by atoms with Crippen molar-refractivity contribution in [3.63, 3.8) is 0 Å². The van der Waals surface area contributed by atoms with Crippen molar-refractivity contribution in [2.24, 2.45) is 5.92 Å². The quantitative estimate of drug-likeness (QED) is 0.748. The highest BCUT2D eigenvalue weighted by Gasteiger charge is 2.29. The third kappa shape index (κ3) is 4.60. The van der Waals surface area contributed by atoms with Crippen LogP contribution in [-0.4, -0.2) is 23.9 Å². The summed E-state index contributed by atoms with van der Waals surface area (Å²) in [4.78, 5) is 25.6. The standard InChI is InChI=1S/C23H29N3O2/c1-14(2)21(23(28)25-19-10-9-15(3)16(4)11-19)26-22(27)20-12-17-7-5-6-8-18(17)13-24-20/h5-11,14,20-21,24H,12-13H2,1-4H3,(H,25,28)(H,26,27). The van der Waals surface area contributed by atoms with Gasteiger partial charge in [-0.3, -0.25) is 9.59 Å². The highest BCUT2D eigenvalue weighted by Crippen LogP contribution is 2.18.